The molecule has 1 aromatic rings. The van der Waals surface area contributed by atoms with Gasteiger partial charge in [0.2, 0.25) is 0 Å². The van der Waals surface area contributed by atoms with Crippen molar-refractivity contribution >= 4 is 5.97 Å². The number of rotatable bonds is 4. The zero-order valence-electron chi connectivity index (χ0n) is 9.70. The van der Waals surface area contributed by atoms with E-state index in [-0.39, 0.29) is 12.8 Å². The van der Waals surface area contributed by atoms with Gasteiger partial charge < -0.3 is 9.63 Å². The van der Waals surface area contributed by atoms with Gasteiger partial charge in [-0.05, 0) is 19.3 Å². The second kappa shape index (κ2) is 5.21. The van der Waals surface area contributed by atoms with Crippen LogP contribution in [0.1, 0.15) is 55.7 Å². The van der Waals surface area contributed by atoms with Crippen molar-refractivity contribution in [1.82, 2.24) is 5.16 Å². The summed E-state index contributed by atoms with van der Waals surface area (Å²) in [6.45, 7) is 0. The van der Waals surface area contributed by atoms with Crippen molar-refractivity contribution in [3.63, 3.8) is 0 Å². The molecule has 5 nitrogen and oxygen atoms in total. The van der Waals surface area contributed by atoms with Gasteiger partial charge in [-0.3, -0.25) is 4.79 Å². The van der Waals surface area contributed by atoms with Crippen LogP contribution >= 0.6 is 0 Å². The van der Waals surface area contributed by atoms with Crippen LogP contribution in [0.5, 0.6) is 0 Å². The smallest absolute Gasteiger partial charge is 0.360 e. The molecule has 1 aliphatic carbocycles. The Morgan fingerprint density at radius 3 is 2.71 bits per heavy atom. The Morgan fingerprint density at radius 2 is 2.06 bits per heavy atom. The predicted molar refractivity (Wildman–Crippen MR) is 61.1 cm³/mol. The molecular weight excluding hydrogens is 222 g/mol. The number of carbonyl (C=O) groups is 1. The molecule has 5 heteroatoms. The number of aromatic amines is 1. The van der Waals surface area contributed by atoms with Crippen LogP contribution in [0.3, 0.4) is 0 Å². The van der Waals surface area contributed by atoms with Gasteiger partial charge >= 0.3 is 11.6 Å². The molecule has 0 radical (unpaired) electrons. The van der Waals surface area contributed by atoms with Crippen molar-refractivity contribution in [3.05, 3.63) is 21.7 Å². The molecule has 94 valence electrons. The summed E-state index contributed by atoms with van der Waals surface area (Å²) < 4.78 is 4.81. The highest BCUT2D eigenvalue weighted by Crippen LogP contribution is 2.32. The Bertz CT molecular complexity index is 440. The summed E-state index contributed by atoms with van der Waals surface area (Å²) in [7, 11) is 0. The van der Waals surface area contributed by atoms with E-state index in [1.807, 2.05) is 0 Å². The molecule has 17 heavy (non-hydrogen) atoms. The van der Waals surface area contributed by atoms with Crippen LogP contribution < -0.4 is 5.63 Å². The SMILES string of the molecule is O=C(O)CCc1c(C2CCCCC2)[nH]oc1=O. The highest BCUT2D eigenvalue weighted by molar-refractivity contribution is 5.67. The maximum Gasteiger partial charge on any atom is 0.360 e. The van der Waals surface area contributed by atoms with E-state index in [2.05, 4.69) is 5.16 Å². The van der Waals surface area contributed by atoms with Crippen LogP contribution in [0.4, 0.5) is 0 Å². The van der Waals surface area contributed by atoms with Gasteiger partial charge in [-0.25, -0.2) is 9.95 Å². The number of hydrogen-bond donors (Lipinski definition) is 2. The summed E-state index contributed by atoms with van der Waals surface area (Å²) in [5, 5.41) is 11.3. The monoisotopic (exact) mass is 239 g/mol. The van der Waals surface area contributed by atoms with E-state index in [0.29, 0.717) is 11.5 Å². The van der Waals surface area contributed by atoms with Crippen molar-refractivity contribution in [1.29, 1.82) is 0 Å². The molecule has 0 amide bonds. The summed E-state index contributed by atoms with van der Waals surface area (Å²) in [5.41, 5.74) is 0.946. The standard InChI is InChI=1S/C12H17NO4/c14-10(15)7-6-9-11(13-17-12(9)16)8-4-2-1-3-5-8/h8,13H,1-7H2,(H,14,15). The third-order valence-corrected chi connectivity index (χ3v) is 3.43. The topological polar surface area (TPSA) is 83.3 Å². The number of aliphatic carboxylic acids is 1. The first kappa shape index (κ1) is 12.0. The maximum atomic E-state index is 11.5. The maximum absolute atomic E-state index is 11.5. The summed E-state index contributed by atoms with van der Waals surface area (Å²) in [4.78, 5) is 22.1. The second-order valence-electron chi connectivity index (χ2n) is 4.61. The first-order chi connectivity index (χ1) is 8.18. The molecule has 2 rings (SSSR count). The normalized spacial score (nSPS) is 17.2. The van der Waals surface area contributed by atoms with Crippen LogP contribution in [-0.2, 0) is 11.2 Å². The van der Waals surface area contributed by atoms with Gasteiger partial charge in [0.05, 0.1) is 11.3 Å². The average Bonchev–Trinajstić information content (AvgIpc) is 2.69. The van der Waals surface area contributed by atoms with Gasteiger partial charge in [0.15, 0.2) is 0 Å². The van der Waals surface area contributed by atoms with Crippen LogP contribution in [0.2, 0.25) is 0 Å². The fourth-order valence-electron chi connectivity index (χ4n) is 2.52. The lowest BCUT2D eigenvalue weighted by atomic mass is 9.85. The molecule has 0 bridgehead atoms. The zero-order chi connectivity index (χ0) is 12.3. The third-order valence-electron chi connectivity index (χ3n) is 3.43. The number of nitrogens with one attached hydrogen (secondary N) is 1. The minimum atomic E-state index is -0.889. The number of H-pyrrole nitrogens is 1. The molecule has 0 unspecified atom stereocenters. The van der Waals surface area contributed by atoms with E-state index in [1.54, 1.807) is 0 Å². The summed E-state index contributed by atoms with van der Waals surface area (Å²) in [5.74, 6) is -0.556. The Balaban J connectivity index is 2.15. The molecular formula is C12H17NO4. The van der Waals surface area contributed by atoms with Gasteiger partial charge in [-0.15, -0.1) is 0 Å². The van der Waals surface area contributed by atoms with E-state index in [4.69, 9.17) is 9.63 Å². The van der Waals surface area contributed by atoms with Gasteiger partial charge in [0.1, 0.15) is 0 Å². The lowest BCUT2D eigenvalue weighted by Gasteiger charge is -2.20. The van der Waals surface area contributed by atoms with E-state index >= 15 is 0 Å². The summed E-state index contributed by atoms with van der Waals surface area (Å²) >= 11 is 0. The fraction of sp³-hybridized carbons (Fsp3) is 0.667. The largest absolute Gasteiger partial charge is 0.481 e. The fourth-order valence-corrected chi connectivity index (χ4v) is 2.52. The zero-order valence-corrected chi connectivity index (χ0v) is 9.70. The first-order valence-corrected chi connectivity index (χ1v) is 6.10. The van der Waals surface area contributed by atoms with E-state index < -0.39 is 11.6 Å². The lowest BCUT2D eigenvalue weighted by molar-refractivity contribution is -0.136. The Kier molecular flexibility index (Phi) is 3.66. The van der Waals surface area contributed by atoms with Crippen LogP contribution in [0, 0.1) is 0 Å². The lowest BCUT2D eigenvalue weighted by Crippen LogP contribution is -2.12. The Hall–Kier alpha value is -1.52. The second-order valence-corrected chi connectivity index (χ2v) is 4.61. The van der Waals surface area contributed by atoms with Crippen molar-refractivity contribution in [2.24, 2.45) is 0 Å². The number of aromatic nitrogens is 1. The predicted octanol–water partition coefficient (Wildman–Crippen LogP) is 2.03. The Labute approximate surface area is 98.8 Å². The summed E-state index contributed by atoms with van der Waals surface area (Å²) in [6.07, 6.45) is 5.90. The van der Waals surface area contributed by atoms with Gasteiger partial charge in [-0.1, -0.05) is 19.3 Å². The average molecular weight is 239 g/mol. The molecule has 1 heterocycles. The molecule has 0 saturated heterocycles. The van der Waals surface area contributed by atoms with Crippen LogP contribution in [-0.4, -0.2) is 16.2 Å². The minimum absolute atomic E-state index is 0.0255. The number of carboxylic acid groups (broad SMARTS) is 1. The highest BCUT2D eigenvalue weighted by Gasteiger charge is 2.23. The van der Waals surface area contributed by atoms with Gasteiger partial charge in [0.25, 0.3) is 0 Å². The molecule has 1 aromatic heterocycles. The quantitative estimate of drug-likeness (QED) is 0.842. The molecule has 1 saturated carbocycles. The first-order valence-electron chi connectivity index (χ1n) is 6.10. The molecule has 1 aliphatic rings. The molecule has 0 aliphatic heterocycles. The minimum Gasteiger partial charge on any atom is -0.481 e. The molecule has 0 aromatic carbocycles. The van der Waals surface area contributed by atoms with E-state index in [1.165, 1.54) is 6.42 Å². The number of hydrogen-bond acceptors (Lipinski definition) is 3. The Morgan fingerprint density at radius 1 is 1.35 bits per heavy atom. The third kappa shape index (κ3) is 2.78. The van der Waals surface area contributed by atoms with E-state index in [9.17, 15) is 9.59 Å². The van der Waals surface area contributed by atoms with Crippen molar-refractivity contribution in [3.8, 4) is 0 Å². The summed E-state index contributed by atoms with van der Waals surface area (Å²) in [6, 6.07) is 0. The van der Waals surface area contributed by atoms with Crippen molar-refractivity contribution in [2.75, 3.05) is 0 Å². The van der Waals surface area contributed by atoms with Gasteiger partial charge in [-0.2, -0.15) is 0 Å². The number of carboxylic acids is 1. The highest BCUT2D eigenvalue weighted by atomic mass is 16.5. The van der Waals surface area contributed by atoms with Crippen LogP contribution in [0.15, 0.2) is 9.32 Å². The van der Waals surface area contributed by atoms with Crippen molar-refractivity contribution < 1.29 is 14.4 Å². The van der Waals surface area contributed by atoms with Gasteiger partial charge in [0, 0.05) is 12.3 Å². The van der Waals surface area contributed by atoms with E-state index in [0.717, 1.165) is 31.4 Å². The van der Waals surface area contributed by atoms with Crippen LogP contribution in [0.25, 0.3) is 0 Å². The molecule has 0 atom stereocenters. The van der Waals surface area contributed by atoms with Crippen molar-refractivity contribution in [2.45, 2.75) is 50.9 Å². The molecule has 0 spiro atoms. The molecule has 1 fully saturated rings. The molecule has 2 N–H and O–H groups in total.